The van der Waals surface area contributed by atoms with Gasteiger partial charge in [0.25, 0.3) is 0 Å². The lowest BCUT2D eigenvalue weighted by molar-refractivity contribution is -0.384. The van der Waals surface area contributed by atoms with Gasteiger partial charge in [-0.25, -0.2) is 9.78 Å². The standard InChI is InChI=1S/C22H24N6O5/c1-22(2,3)33-21(29)26-16-7-5-6-15(12-16)24-19-18(28(30)31)13-23-20(27-19)25-14-8-10-17(32-4)11-9-14/h5-13H,1-4H3,(H,26,29)(H2,23,24,25,27). The molecule has 1 heterocycles. The number of aromatic nitrogens is 2. The second-order valence-electron chi connectivity index (χ2n) is 7.87. The van der Waals surface area contributed by atoms with Crippen LogP contribution in [0.1, 0.15) is 20.8 Å². The van der Waals surface area contributed by atoms with Gasteiger partial charge in [-0.05, 0) is 63.2 Å². The molecule has 0 aliphatic heterocycles. The van der Waals surface area contributed by atoms with E-state index in [4.69, 9.17) is 9.47 Å². The van der Waals surface area contributed by atoms with Gasteiger partial charge in [0, 0.05) is 17.1 Å². The fraction of sp³-hybridized carbons (Fsp3) is 0.227. The third-order valence-electron chi connectivity index (χ3n) is 4.08. The molecule has 0 aliphatic carbocycles. The minimum atomic E-state index is -0.644. The van der Waals surface area contributed by atoms with Crippen molar-refractivity contribution >= 4 is 40.6 Å². The Hall–Kier alpha value is -4.41. The third-order valence-corrected chi connectivity index (χ3v) is 4.08. The normalized spacial score (nSPS) is 10.8. The zero-order valence-corrected chi connectivity index (χ0v) is 18.6. The molecule has 11 heteroatoms. The van der Waals surface area contributed by atoms with E-state index in [1.54, 1.807) is 76.4 Å². The molecule has 0 radical (unpaired) electrons. The molecule has 172 valence electrons. The number of ether oxygens (including phenoxy) is 2. The van der Waals surface area contributed by atoms with Gasteiger partial charge in [-0.2, -0.15) is 4.98 Å². The molecule has 11 nitrogen and oxygen atoms in total. The summed E-state index contributed by atoms with van der Waals surface area (Å²) in [7, 11) is 1.57. The van der Waals surface area contributed by atoms with E-state index < -0.39 is 16.6 Å². The number of rotatable bonds is 7. The minimum absolute atomic E-state index is 0.0135. The van der Waals surface area contributed by atoms with Crippen molar-refractivity contribution in [2.45, 2.75) is 26.4 Å². The van der Waals surface area contributed by atoms with Gasteiger partial charge < -0.3 is 20.1 Å². The first-order chi connectivity index (χ1) is 15.6. The number of anilines is 5. The predicted molar refractivity (Wildman–Crippen MR) is 125 cm³/mol. The molecule has 1 aromatic heterocycles. The second kappa shape index (κ2) is 9.81. The van der Waals surface area contributed by atoms with E-state index in [1.165, 1.54) is 0 Å². The van der Waals surface area contributed by atoms with Crippen molar-refractivity contribution in [3.05, 3.63) is 64.8 Å². The van der Waals surface area contributed by atoms with Gasteiger partial charge in [0.2, 0.25) is 11.8 Å². The number of methoxy groups -OCH3 is 1. The van der Waals surface area contributed by atoms with Gasteiger partial charge in [-0.1, -0.05) is 6.07 Å². The maximum atomic E-state index is 12.0. The topological polar surface area (TPSA) is 141 Å². The average Bonchev–Trinajstić information content (AvgIpc) is 2.73. The molecular formula is C22H24N6O5. The molecule has 0 saturated heterocycles. The number of nitrogens with zero attached hydrogens (tertiary/aromatic N) is 3. The van der Waals surface area contributed by atoms with E-state index in [9.17, 15) is 14.9 Å². The van der Waals surface area contributed by atoms with Gasteiger partial charge >= 0.3 is 11.8 Å². The number of hydrogen-bond acceptors (Lipinski definition) is 9. The zero-order valence-electron chi connectivity index (χ0n) is 18.6. The number of nitro groups is 1. The predicted octanol–water partition coefficient (Wildman–Crippen LogP) is 5.23. The highest BCUT2D eigenvalue weighted by Gasteiger charge is 2.19. The molecular weight excluding hydrogens is 428 g/mol. The number of benzene rings is 2. The van der Waals surface area contributed by atoms with Crippen molar-refractivity contribution in [1.29, 1.82) is 0 Å². The van der Waals surface area contributed by atoms with E-state index >= 15 is 0 Å². The number of hydrogen-bond donors (Lipinski definition) is 3. The molecule has 0 aliphatic rings. The summed E-state index contributed by atoms with van der Waals surface area (Å²) in [5.74, 6) is 0.837. The molecule has 0 spiro atoms. The molecule has 3 N–H and O–H groups in total. The largest absolute Gasteiger partial charge is 0.497 e. The maximum Gasteiger partial charge on any atom is 0.412 e. The molecule has 0 bridgehead atoms. The Bertz CT molecular complexity index is 1140. The third kappa shape index (κ3) is 6.79. The molecule has 0 unspecified atom stereocenters. The first-order valence-electron chi connectivity index (χ1n) is 9.92. The van der Waals surface area contributed by atoms with E-state index in [0.29, 0.717) is 22.8 Å². The van der Waals surface area contributed by atoms with Gasteiger partial charge in [-0.15, -0.1) is 0 Å². The van der Waals surface area contributed by atoms with Gasteiger partial charge in [0.15, 0.2) is 0 Å². The number of carbonyl (C=O) groups excluding carboxylic acids is 1. The highest BCUT2D eigenvalue weighted by atomic mass is 16.6. The van der Waals surface area contributed by atoms with Crippen LogP contribution in [0.2, 0.25) is 0 Å². The van der Waals surface area contributed by atoms with Crippen LogP contribution in [-0.4, -0.2) is 33.7 Å². The monoisotopic (exact) mass is 452 g/mol. The molecule has 0 atom stereocenters. The Balaban J connectivity index is 1.80. The Morgan fingerprint density at radius 3 is 2.36 bits per heavy atom. The van der Waals surface area contributed by atoms with Crippen molar-refractivity contribution < 1.29 is 19.2 Å². The summed E-state index contributed by atoms with van der Waals surface area (Å²) < 4.78 is 10.4. The van der Waals surface area contributed by atoms with Crippen molar-refractivity contribution in [2.75, 3.05) is 23.1 Å². The molecule has 0 fully saturated rings. The van der Waals surface area contributed by atoms with Gasteiger partial charge in [0.05, 0.1) is 12.0 Å². The van der Waals surface area contributed by atoms with E-state index in [1.807, 2.05) is 0 Å². The van der Waals surface area contributed by atoms with E-state index in [0.717, 1.165) is 6.20 Å². The number of nitrogens with one attached hydrogen (secondary N) is 3. The molecule has 3 rings (SSSR count). The Labute approximate surface area is 190 Å². The van der Waals surface area contributed by atoms with Crippen LogP contribution in [0.5, 0.6) is 5.75 Å². The molecule has 0 saturated carbocycles. The van der Waals surface area contributed by atoms with Crippen LogP contribution in [0.3, 0.4) is 0 Å². The summed E-state index contributed by atoms with van der Waals surface area (Å²) in [6, 6.07) is 13.7. The van der Waals surface area contributed by atoms with Crippen molar-refractivity contribution in [1.82, 2.24) is 9.97 Å². The smallest absolute Gasteiger partial charge is 0.412 e. The van der Waals surface area contributed by atoms with Crippen LogP contribution >= 0.6 is 0 Å². The fourth-order valence-corrected chi connectivity index (χ4v) is 2.70. The lowest BCUT2D eigenvalue weighted by Crippen LogP contribution is -2.27. The van der Waals surface area contributed by atoms with Crippen LogP contribution in [0.15, 0.2) is 54.7 Å². The molecule has 33 heavy (non-hydrogen) atoms. The van der Waals surface area contributed by atoms with Crippen molar-refractivity contribution in [2.24, 2.45) is 0 Å². The van der Waals surface area contributed by atoms with Crippen molar-refractivity contribution in [3.63, 3.8) is 0 Å². The fourth-order valence-electron chi connectivity index (χ4n) is 2.70. The van der Waals surface area contributed by atoms with Crippen LogP contribution in [-0.2, 0) is 4.74 Å². The molecule has 3 aromatic rings. The van der Waals surface area contributed by atoms with E-state index in [2.05, 4.69) is 25.9 Å². The zero-order chi connectivity index (χ0) is 24.0. The molecule has 2 aromatic carbocycles. The van der Waals surface area contributed by atoms with Gasteiger partial charge in [-0.3, -0.25) is 15.4 Å². The Morgan fingerprint density at radius 1 is 1.03 bits per heavy atom. The van der Waals surface area contributed by atoms with Gasteiger partial charge in [0.1, 0.15) is 17.5 Å². The first-order valence-corrected chi connectivity index (χ1v) is 9.92. The SMILES string of the molecule is COc1ccc(Nc2ncc([N+](=O)[O-])c(Nc3cccc(NC(=O)OC(C)(C)C)c3)n2)cc1. The summed E-state index contributed by atoms with van der Waals surface area (Å²) in [6.45, 7) is 5.28. The van der Waals surface area contributed by atoms with Crippen molar-refractivity contribution in [3.8, 4) is 5.75 Å². The second-order valence-corrected chi connectivity index (χ2v) is 7.87. The Morgan fingerprint density at radius 2 is 1.73 bits per heavy atom. The maximum absolute atomic E-state index is 12.0. The summed E-state index contributed by atoms with van der Waals surface area (Å²) in [5.41, 5.74) is 0.651. The number of amides is 1. The highest BCUT2D eigenvalue weighted by molar-refractivity contribution is 5.86. The molecule has 1 amide bonds. The summed E-state index contributed by atoms with van der Waals surface area (Å²) in [4.78, 5) is 31.2. The lowest BCUT2D eigenvalue weighted by atomic mass is 10.2. The lowest BCUT2D eigenvalue weighted by Gasteiger charge is -2.19. The summed E-state index contributed by atoms with van der Waals surface area (Å²) in [5, 5.41) is 20.0. The highest BCUT2D eigenvalue weighted by Crippen LogP contribution is 2.28. The summed E-state index contributed by atoms with van der Waals surface area (Å²) in [6.07, 6.45) is 0.503. The number of carbonyl (C=O) groups is 1. The minimum Gasteiger partial charge on any atom is -0.497 e. The summed E-state index contributed by atoms with van der Waals surface area (Å²) >= 11 is 0. The van der Waals surface area contributed by atoms with Crippen LogP contribution in [0.25, 0.3) is 0 Å². The first kappa shape index (κ1) is 23.3. The van der Waals surface area contributed by atoms with Crippen LogP contribution in [0, 0.1) is 10.1 Å². The van der Waals surface area contributed by atoms with Crippen LogP contribution in [0.4, 0.5) is 39.3 Å². The van der Waals surface area contributed by atoms with E-state index in [-0.39, 0.29) is 17.5 Å². The Kier molecular flexibility index (Phi) is 6.91. The quantitative estimate of drug-likeness (QED) is 0.325. The van der Waals surface area contributed by atoms with Crippen LogP contribution < -0.4 is 20.7 Å². The average molecular weight is 452 g/mol.